The van der Waals surface area contributed by atoms with Crippen molar-refractivity contribution in [2.75, 3.05) is 0 Å². The zero-order valence-corrected chi connectivity index (χ0v) is 17.3. The molecule has 1 aromatic carbocycles. The molecule has 1 heterocycles. The molecule has 0 bridgehead atoms. The highest BCUT2D eigenvalue weighted by Crippen LogP contribution is 2.27. The van der Waals surface area contributed by atoms with Gasteiger partial charge in [0.15, 0.2) is 0 Å². The molecule has 0 saturated heterocycles. The second-order valence-electron chi connectivity index (χ2n) is 7.31. The molecule has 2 N–H and O–H groups in total. The highest BCUT2D eigenvalue weighted by molar-refractivity contribution is 8.00. The fourth-order valence-electron chi connectivity index (χ4n) is 3.36. The molecule has 7 nitrogen and oxygen atoms in total. The van der Waals surface area contributed by atoms with Crippen molar-refractivity contribution in [2.45, 2.75) is 69.4 Å². The highest BCUT2D eigenvalue weighted by Gasteiger charge is 2.22. The van der Waals surface area contributed by atoms with Gasteiger partial charge in [0.05, 0.1) is 5.25 Å². The van der Waals surface area contributed by atoms with E-state index in [1.165, 1.54) is 6.42 Å². The van der Waals surface area contributed by atoms with Gasteiger partial charge in [0.25, 0.3) is 5.22 Å². The number of imide groups is 1. The average Bonchev–Trinajstić information content (AvgIpc) is 3.10. The van der Waals surface area contributed by atoms with E-state index >= 15 is 0 Å². The Balaban J connectivity index is 1.54. The van der Waals surface area contributed by atoms with Crippen LogP contribution in [0.5, 0.6) is 0 Å². The average molecular weight is 403 g/mol. The Kier molecular flexibility index (Phi) is 6.72. The minimum Gasteiger partial charge on any atom is -0.411 e. The maximum atomic E-state index is 12.3. The first-order valence-electron chi connectivity index (χ1n) is 9.61. The Morgan fingerprint density at radius 1 is 1.11 bits per heavy atom. The Bertz CT molecular complexity index is 825. The number of urea groups is 1. The van der Waals surface area contributed by atoms with Gasteiger partial charge in [0.1, 0.15) is 0 Å². The number of carbonyl (C=O) groups is 2. The normalized spacial score (nSPS) is 15.8. The van der Waals surface area contributed by atoms with E-state index < -0.39 is 11.3 Å². The van der Waals surface area contributed by atoms with Crippen LogP contribution in [0.25, 0.3) is 11.5 Å². The van der Waals surface area contributed by atoms with Gasteiger partial charge in [0.2, 0.25) is 11.8 Å². The zero-order valence-electron chi connectivity index (χ0n) is 16.4. The van der Waals surface area contributed by atoms with Gasteiger partial charge in [-0.25, -0.2) is 4.79 Å². The number of rotatable bonds is 5. The molecular weight excluding hydrogens is 376 g/mol. The highest BCUT2D eigenvalue weighted by atomic mass is 32.2. The molecule has 150 valence electrons. The number of aryl methyl sites for hydroxylation is 2. The van der Waals surface area contributed by atoms with E-state index in [1.807, 2.05) is 26.0 Å². The van der Waals surface area contributed by atoms with Gasteiger partial charge in [-0.3, -0.25) is 10.1 Å². The quantitative estimate of drug-likeness (QED) is 0.734. The Labute approximate surface area is 169 Å². The lowest BCUT2D eigenvalue weighted by Crippen LogP contribution is -2.47. The summed E-state index contributed by atoms with van der Waals surface area (Å²) in [5.74, 6) is 0.0291. The largest absolute Gasteiger partial charge is 0.411 e. The SMILES string of the molecule is Cc1cc(C)cc(-c2nnc(S[C@@H](C)C(=O)NC(=O)NC3CCCCC3)o2)c1. The maximum Gasteiger partial charge on any atom is 0.321 e. The van der Waals surface area contributed by atoms with Crippen molar-refractivity contribution in [3.8, 4) is 11.5 Å². The summed E-state index contributed by atoms with van der Waals surface area (Å²) in [5, 5.41) is 13.1. The first-order valence-corrected chi connectivity index (χ1v) is 10.5. The standard InChI is InChI=1S/C20H26N4O3S/c1-12-9-13(2)11-15(10-12)18-23-24-20(27-18)28-14(3)17(25)22-19(26)21-16-7-5-4-6-8-16/h9-11,14,16H,4-8H2,1-3H3,(H2,21,22,25,26)/t14-/m0/s1. The van der Waals surface area contributed by atoms with Crippen LogP contribution in [-0.2, 0) is 4.79 Å². The summed E-state index contributed by atoms with van der Waals surface area (Å²) in [5.41, 5.74) is 3.07. The maximum absolute atomic E-state index is 12.3. The summed E-state index contributed by atoms with van der Waals surface area (Å²) in [7, 11) is 0. The van der Waals surface area contributed by atoms with Gasteiger partial charge in [-0.15, -0.1) is 10.2 Å². The van der Waals surface area contributed by atoms with E-state index in [1.54, 1.807) is 6.92 Å². The lowest BCUT2D eigenvalue weighted by molar-refractivity contribution is -0.119. The molecule has 0 unspecified atom stereocenters. The lowest BCUT2D eigenvalue weighted by atomic mass is 9.96. The third-order valence-electron chi connectivity index (χ3n) is 4.70. The van der Waals surface area contributed by atoms with Crippen LogP contribution in [0.1, 0.15) is 50.2 Å². The molecule has 1 aliphatic carbocycles. The fraction of sp³-hybridized carbons (Fsp3) is 0.500. The molecule has 2 aromatic rings. The molecule has 0 aliphatic heterocycles. The molecule has 3 rings (SSSR count). The van der Waals surface area contributed by atoms with Crippen molar-refractivity contribution >= 4 is 23.7 Å². The van der Waals surface area contributed by atoms with Crippen molar-refractivity contribution in [3.05, 3.63) is 29.3 Å². The fourth-order valence-corrected chi connectivity index (χ4v) is 4.04. The van der Waals surface area contributed by atoms with Crippen LogP contribution < -0.4 is 10.6 Å². The first kappa shape index (κ1) is 20.4. The van der Waals surface area contributed by atoms with Crippen LogP contribution in [0.2, 0.25) is 0 Å². The number of aromatic nitrogens is 2. The van der Waals surface area contributed by atoms with E-state index in [9.17, 15) is 9.59 Å². The molecule has 1 fully saturated rings. The van der Waals surface area contributed by atoms with Crippen molar-refractivity contribution in [2.24, 2.45) is 0 Å². The molecule has 3 amide bonds. The van der Waals surface area contributed by atoms with Crippen LogP contribution in [0.3, 0.4) is 0 Å². The predicted molar refractivity (Wildman–Crippen MR) is 108 cm³/mol. The van der Waals surface area contributed by atoms with Crippen molar-refractivity contribution < 1.29 is 14.0 Å². The number of hydrogen-bond acceptors (Lipinski definition) is 6. The van der Waals surface area contributed by atoms with Crippen LogP contribution in [0.15, 0.2) is 27.8 Å². The first-order chi connectivity index (χ1) is 13.4. The van der Waals surface area contributed by atoms with Crippen LogP contribution in [0.4, 0.5) is 4.79 Å². The van der Waals surface area contributed by atoms with E-state index in [0.717, 1.165) is 54.1 Å². The Morgan fingerprint density at radius 3 is 2.46 bits per heavy atom. The van der Waals surface area contributed by atoms with Crippen LogP contribution in [-0.4, -0.2) is 33.4 Å². The molecule has 0 spiro atoms. The summed E-state index contributed by atoms with van der Waals surface area (Å²) in [6.45, 7) is 5.72. The molecule has 0 radical (unpaired) electrons. The van der Waals surface area contributed by atoms with Crippen molar-refractivity contribution in [1.29, 1.82) is 0 Å². The summed E-state index contributed by atoms with van der Waals surface area (Å²) in [4.78, 5) is 24.3. The summed E-state index contributed by atoms with van der Waals surface area (Å²) in [6, 6.07) is 5.73. The third-order valence-corrected chi connectivity index (χ3v) is 5.63. The molecule has 1 aliphatic rings. The van der Waals surface area contributed by atoms with Crippen LogP contribution in [0, 0.1) is 13.8 Å². The molecule has 1 saturated carbocycles. The van der Waals surface area contributed by atoms with Gasteiger partial charge in [-0.1, -0.05) is 48.2 Å². The third kappa shape index (κ3) is 5.58. The number of thioether (sulfide) groups is 1. The van der Waals surface area contributed by atoms with Gasteiger partial charge >= 0.3 is 6.03 Å². The predicted octanol–water partition coefficient (Wildman–Crippen LogP) is 3.99. The summed E-state index contributed by atoms with van der Waals surface area (Å²) < 4.78 is 5.69. The van der Waals surface area contributed by atoms with Crippen LogP contribution >= 0.6 is 11.8 Å². The van der Waals surface area contributed by atoms with E-state index in [2.05, 4.69) is 26.9 Å². The minimum atomic E-state index is -0.537. The number of benzene rings is 1. The number of nitrogens with zero attached hydrogens (tertiary/aromatic N) is 2. The summed E-state index contributed by atoms with van der Waals surface area (Å²) in [6.07, 6.45) is 5.38. The van der Waals surface area contributed by atoms with Gasteiger partial charge in [-0.2, -0.15) is 0 Å². The molecule has 1 aromatic heterocycles. The topological polar surface area (TPSA) is 97.1 Å². The van der Waals surface area contributed by atoms with Gasteiger partial charge in [-0.05, 0) is 45.7 Å². The van der Waals surface area contributed by atoms with Crippen molar-refractivity contribution in [1.82, 2.24) is 20.8 Å². The lowest BCUT2D eigenvalue weighted by Gasteiger charge is -2.22. The number of hydrogen-bond donors (Lipinski definition) is 2. The van der Waals surface area contributed by atoms with Gasteiger partial charge in [0, 0.05) is 11.6 Å². The van der Waals surface area contributed by atoms with Gasteiger partial charge < -0.3 is 9.73 Å². The Morgan fingerprint density at radius 2 is 1.79 bits per heavy atom. The summed E-state index contributed by atoms with van der Waals surface area (Å²) >= 11 is 1.13. The van der Waals surface area contributed by atoms with Crippen molar-refractivity contribution in [3.63, 3.8) is 0 Å². The number of nitrogens with one attached hydrogen (secondary N) is 2. The van der Waals surface area contributed by atoms with E-state index in [-0.39, 0.29) is 11.9 Å². The monoisotopic (exact) mass is 402 g/mol. The Hall–Kier alpha value is -2.35. The second-order valence-corrected chi connectivity index (χ2v) is 8.60. The molecule has 28 heavy (non-hydrogen) atoms. The molecular formula is C20H26N4O3S. The van der Waals surface area contributed by atoms with E-state index in [4.69, 9.17) is 4.42 Å². The van der Waals surface area contributed by atoms with E-state index in [0.29, 0.717) is 11.1 Å². The number of carbonyl (C=O) groups excluding carboxylic acids is 2. The second kappa shape index (κ2) is 9.23. The number of amides is 3. The minimum absolute atomic E-state index is 0.154. The zero-order chi connectivity index (χ0) is 20.1. The molecule has 8 heteroatoms. The molecule has 1 atom stereocenters. The smallest absolute Gasteiger partial charge is 0.321 e.